The molecular formula is C15H11F3N4O3. The number of aromatic nitrogens is 3. The number of hydrogen-bond donors (Lipinski definition) is 1. The lowest BCUT2D eigenvalue weighted by molar-refractivity contribution is -0.159. The monoisotopic (exact) mass is 352 g/mol. The van der Waals surface area contributed by atoms with E-state index in [0.29, 0.717) is 22.7 Å². The number of aryl methyl sites for hydroxylation is 2. The van der Waals surface area contributed by atoms with Crippen molar-refractivity contribution in [3.05, 3.63) is 47.2 Å². The maximum atomic E-state index is 12.5. The average molecular weight is 352 g/mol. The van der Waals surface area contributed by atoms with E-state index in [1.54, 1.807) is 13.8 Å². The Hall–Kier alpha value is -3.17. The van der Waals surface area contributed by atoms with Crippen LogP contribution in [0, 0.1) is 13.8 Å². The highest BCUT2D eigenvalue weighted by Gasteiger charge is 2.38. The maximum absolute atomic E-state index is 12.5. The molecule has 2 heterocycles. The van der Waals surface area contributed by atoms with Gasteiger partial charge in [-0.3, -0.25) is 4.79 Å². The predicted octanol–water partition coefficient (Wildman–Crippen LogP) is 3.61. The zero-order chi connectivity index (χ0) is 18.2. The number of alkyl halides is 3. The zero-order valence-corrected chi connectivity index (χ0v) is 13.0. The number of benzene rings is 1. The van der Waals surface area contributed by atoms with Gasteiger partial charge in [-0.1, -0.05) is 22.4 Å². The molecule has 0 bridgehead atoms. The molecule has 1 aromatic carbocycles. The summed E-state index contributed by atoms with van der Waals surface area (Å²) in [6.45, 7) is 3.34. The van der Waals surface area contributed by atoms with Gasteiger partial charge >= 0.3 is 12.1 Å². The third-order valence-electron chi connectivity index (χ3n) is 3.35. The summed E-state index contributed by atoms with van der Waals surface area (Å²) < 4.78 is 46.5. The smallest absolute Gasteiger partial charge is 0.359 e. The number of halogens is 3. The number of carbonyl (C=O) groups excluding carboxylic acids is 1. The molecule has 25 heavy (non-hydrogen) atoms. The van der Waals surface area contributed by atoms with Crippen LogP contribution in [0.1, 0.15) is 27.7 Å². The fraction of sp³-hybridized carbons (Fsp3) is 0.200. The van der Waals surface area contributed by atoms with Crippen LogP contribution >= 0.6 is 0 Å². The summed E-state index contributed by atoms with van der Waals surface area (Å²) in [5, 5.41) is 9.68. The number of amides is 1. The van der Waals surface area contributed by atoms with Crippen LogP contribution in [0.5, 0.6) is 0 Å². The summed E-state index contributed by atoms with van der Waals surface area (Å²) in [5.41, 5.74) is 1.59. The van der Waals surface area contributed by atoms with Gasteiger partial charge in [0.2, 0.25) is 5.82 Å². The van der Waals surface area contributed by atoms with Gasteiger partial charge in [-0.05, 0) is 26.0 Å². The second-order valence-electron chi connectivity index (χ2n) is 5.15. The molecule has 10 heteroatoms. The van der Waals surface area contributed by atoms with Crippen LogP contribution in [0.3, 0.4) is 0 Å². The first-order valence-electron chi connectivity index (χ1n) is 7.01. The maximum Gasteiger partial charge on any atom is 0.471 e. The van der Waals surface area contributed by atoms with Crippen molar-refractivity contribution < 1.29 is 27.0 Å². The SMILES string of the molecule is Cc1noc(C)c1NC(=O)c1ccc(-c2noc(C(F)(F)F)n2)cc1. The number of nitrogens with zero attached hydrogens (tertiary/aromatic N) is 3. The summed E-state index contributed by atoms with van der Waals surface area (Å²) in [6, 6.07) is 5.72. The molecule has 7 nitrogen and oxygen atoms in total. The molecule has 0 aliphatic heterocycles. The third kappa shape index (κ3) is 3.37. The molecule has 1 amide bonds. The second-order valence-corrected chi connectivity index (χ2v) is 5.15. The van der Waals surface area contributed by atoms with Gasteiger partial charge in [0.1, 0.15) is 11.4 Å². The van der Waals surface area contributed by atoms with E-state index in [1.165, 1.54) is 24.3 Å². The Bertz CT molecular complexity index is 893. The van der Waals surface area contributed by atoms with Gasteiger partial charge in [0.15, 0.2) is 5.76 Å². The molecule has 3 aromatic rings. The van der Waals surface area contributed by atoms with Crippen molar-refractivity contribution in [2.75, 3.05) is 5.32 Å². The van der Waals surface area contributed by atoms with Gasteiger partial charge in [-0.25, -0.2) is 0 Å². The lowest BCUT2D eigenvalue weighted by Crippen LogP contribution is -2.12. The molecule has 0 unspecified atom stereocenters. The summed E-state index contributed by atoms with van der Waals surface area (Å²) in [7, 11) is 0. The Kier molecular flexibility index (Phi) is 4.03. The third-order valence-corrected chi connectivity index (χ3v) is 3.35. The number of nitrogens with one attached hydrogen (secondary N) is 1. The lowest BCUT2D eigenvalue weighted by atomic mass is 10.1. The van der Waals surface area contributed by atoms with E-state index < -0.39 is 18.0 Å². The highest BCUT2D eigenvalue weighted by molar-refractivity contribution is 6.05. The van der Waals surface area contributed by atoms with Crippen LogP contribution in [0.4, 0.5) is 18.9 Å². The van der Waals surface area contributed by atoms with Crippen molar-refractivity contribution in [2.24, 2.45) is 0 Å². The second kappa shape index (κ2) is 6.04. The van der Waals surface area contributed by atoms with Gasteiger partial charge in [-0.2, -0.15) is 18.2 Å². The number of hydrogen-bond acceptors (Lipinski definition) is 6. The summed E-state index contributed by atoms with van der Waals surface area (Å²) >= 11 is 0. The fourth-order valence-electron chi connectivity index (χ4n) is 2.07. The Morgan fingerprint density at radius 2 is 1.76 bits per heavy atom. The quantitative estimate of drug-likeness (QED) is 0.774. The summed E-state index contributed by atoms with van der Waals surface area (Å²) in [5.74, 6) is -1.59. The fourth-order valence-corrected chi connectivity index (χ4v) is 2.07. The molecule has 130 valence electrons. The minimum Gasteiger partial charge on any atom is -0.359 e. The summed E-state index contributed by atoms with van der Waals surface area (Å²) in [6.07, 6.45) is -4.71. The molecule has 0 saturated carbocycles. The van der Waals surface area contributed by atoms with E-state index in [1.807, 2.05) is 0 Å². The van der Waals surface area contributed by atoms with Gasteiger partial charge in [0, 0.05) is 11.1 Å². The van der Waals surface area contributed by atoms with Crippen molar-refractivity contribution in [3.63, 3.8) is 0 Å². The molecule has 0 spiro atoms. The molecule has 3 rings (SSSR count). The van der Waals surface area contributed by atoms with E-state index >= 15 is 0 Å². The van der Waals surface area contributed by atoms with Crippen LogP contribution in [0.25, 0.3) is 11.4 Å². The first-order chi connectivity index (χ1) is 11.8. The van der Waals surface area contributed by atoms with Crippen molar-refractivity contribution in [2.45, 2.75) is 20.0 Å². The Labute approximate surface area is 138 Å². The number of rotatable bonds is 3. The molecule has 0 saturated heterocycles. The van der Waals surface area contributed by atoms with Gasteiger partial charge in [0.05, 0.1) is 0 Å². The van der Waals surface area contributed by atoms with Crippen LogP contribution in [-0.2, 0) is 6.18 Å². The first kappa shape index (κ1) is 16.7. The minimum absolute atomic E-state index is 0.218. The standard InChI is InChI=1S/C15H11F3N4O3/c1-7-11(8(2)24-21-7)19-13(23)10-5-3-9(4-6-10)12-20-14(25-22-12)15(16,17)18/h3-6H,1-2H3,(H,19,23). The van der Waals surface area contributed by atoms with E-state index in [9.17, 15) is 18.0 Å². The molecule has 0 fully saturated rings. The van der Waals surface area contributed by atoms with Crippen molar-refractivity contribution in [1.82, 2.24) is 15.3 Å². The molecular weight excluding hydrogens is 341 g/mol. The van der Waals surface area contributed by atoms with Gasteiger partial charge < -0.3 is 14.4 Å². The van der Waals surface area contributed by atoms with Gasteiger partial charge in [0.25, 0.3) is 5.91 Å². The Morgan fingerprint density at radius 1 is 1.08 bits per heavy atom. The highest BCUT2D eigenvalue weighted by atomic mass is 19.4. The van der Waals surface area contributed by atoms with E-state index in [-0.39, 0.29) is 11.4 Å². The van der Waals surface area contributed by atoms with Crippen LogP contribution in [0.2, 0.25) is 0 Å². The van der Waals surface area contributed by atoms with E-state index in [4.69, 9.17) is 4.52 Å². The summed E-state index contributed by atoms with van der Waals surface area (Å²) in [4.78, 5) is 15.5. The van der Waals surface area contributed by atoms with E-state index in [2.05, 4.69) is 25.1 Å². The minimum atomic E-state index is -4.71. The zero-order valence-electron chi connectivity index (χ0n) is 13.0. The molecule has 2 aromatic heterocycles. The molecule has 0 aliphatic rings. The highest BCUT2D eigenvalue weighted by Crippen LogP contribution is 2.29. The molecule has 0 aliphatic carbocycles. The Balaban J connectivity index is 1.78. The molecule has 1 N–H and O–H groups in total. The Morgan fingerprint density at radius 3 is 2.28 bits per heavy atom. The largest absolute Gasteiger partial charge is 0.471 e. The van der Waals surface area contributed by atoms with Crippen molar-refractivity contribution >= 4 is 11.6 Å². The predicted molar refractivity (Wildman–Crippen MR) is 78.7 cm³/mol. The normalized spacial score (nSPS) is 11.6. The van der Waals surface area contributed by atoms with Crippen molar-refractivity contribution in [3.8, 4) is 11.4 Å². The van der Waals surface area contributed by atoms with E-state index in [0.717, 1.165) is 0 Å². The topological polar surface area (TPSA) is 94.1 Å². The number of anilines is 1. The molecule has 0 atom stereocenters. The first-order valence-corrected chi connectivity index (χ1v) is 7.01. The van der Waals surface area contributed by atoms with Gasteiger partial charge in [-0.15, -0.1) is 0 Å². The number of carbonyl (C=O) groups is 1. The van der Waals surface area contributed by atoms with Crippen LogP contribution in [-0.4, -0.2) is 21.2 Å². The van der Waals surface area contributed by atoms with Crippen LogP contribution in [0.15, 0.2) is 33.3 Å². The average Bonchev–Trinajstić information content (AvgIpc) is 3.17. The van der Waals surface area contributed by atoms with Crippen LogP contribution < -0.4 is 5.32 Å². The van der Waals surface area contributed by atoms with Crippen molar-refractivity contribution in [1.29, 1.82) is 0 Å². The molecule has 0 radical (unpaired) electrons. The lowest BCUT2D eigenvalue weighted by Gasteiger charge is -2.04.